The van der Waals surface area contributed by atoms with Gasteiger partial charge in [0, 0.05) is 13.1 Å². The number of aryl methyl sites for hydroxylation is 1. The number of fused-ring (bicyclic) bond motifs is 1. The lowest BCUT2D eigenvalue weighted by molar-refractivity contribution is 0.365. The summed E-state index contributed by atoms with van der Waals surface area (Å²) in [5.41, 5.74) is 2.35. The van der Waals surface area contributed by atoms with Crippen molar-refractivity contribution in [2.24, 2.45) is 5.41 Å². The second-order valence-electron chi connectivity index (χ2n) is 6.40. The minimum Gasteiger partial charge on any atom is -0.315 e. The molecule has 110 valence electrons. The Balaban J connectivity index is 1.94. The molecule has 2 heterocycles. The number of nitrogens with one attached hydrogen (secondary N) is 1. The minimum absolute atomic E-state index is 0.0747. The second-order valence-corrected chi connectivity index (χ2v) is 7.28. The molecule has 0 aliphatic carbocycles. The molecule has 0 spiro atoms. The molecule has 0 bridgehead atoms. The molecule has 0 aromatic carbocycles. The van der Waals surface area contributed by atoms with Gasteiger partial charge in [0.2, 0.25) is 0 Å². The van der Waals surface area contributed by atoms with Crippen LogP contribution in [0.3, 0.4) is 0 Å². The number of thiophene rings is 1. The Kier molecular flexibility index (Phi) is 4.60. The standard InChI is InChI=1S/C15H23N3OS/c1-11-9-20-13-12(11)17-10-18(14(13)19)8-7-16-6-5-15(2,3)4/h9-10,16H,5-8H2,1-4H3. The van der Waals surface area contributed by atoms with E-state index in [2.05, 4.69) is 31.1 Å². The number of aromatic nitrogens is 2. The van der Waals surface area contributed by atoms with Crippen LogP contribution < -0.4 is 10.9 Å². The van der Waals surface area contributed by atoms with Crippen LogP contribution >= 0.6 is 11.3 Å². The average Bonchev–Trinajstić information content (AvgIpc) is 2.73. The third kappa shape index (κ3) is 3.67. The third-order valence-corrected chi connectivity index (χ3v) is 4.38. The molecule has 5 heteroatoms. The van der Waals surface area contributed by atoms with E-state index in [4.69, 9.17) is 0 Å². The van der Waals surface area contributed by atoms with Crippen LogP contribution in [0, 0.1) is 12.3 Å². The van der Waals surface area contributed by atoms with Crippen LogP contribution in [0.5, 0.6) is 0 Å². The smallest absolute Gasteiger partial charge is 0.271 e. The van der Waals surface area contributed by atoms with Crippen molar-refractivity contribution in [3.8, 4) is 0 Å². The van der Waals surface area contributed by atoms with E-state index >= 15 is 0 Å². The highest BCUT2D eigenvalue weighted by atomic mass is 32.1. The van der Waals surface area contributed by atoms with E-state index < -0.39 is 0 Å². The van der Waals surface area contributed by atoms with Gasteiger partial charge in [-0.15, -0.1) is 11.3 Å². The van der Waals surface area contributed by atoms with Gasteiger partial charge in [0.25, 0.3) is 5.56 Å². The summed E-state index contributed by atoms with van der Waals surface area (Å²) in [7, 11) is 0. The fourth-order valence-corrected chi connectivity index (χ4v) is 2.96. The van der Waals surface area contributed by atoms with Crippen LogP contribution in [-0.2, 0) is 6.54 Å². The Morgan fingerprint density at radius 3 is 2.80 bits per heavy atom. The maximum Gasteiger partial charge on any atom is 0.271 e. The lowest BCUT2D eigenvalue weighted by Crippen LogP contribution is -2.28. The van der Waals surface area contributed by atoms with Crippen molar-refractivity contribution in [2.75, 3.05) is 13.1 Å². The molecule has 0 saturated heterocycles. The Bertz CT molecular complexity index is 637. The Hall–Kier alpha value is -1.20. The summed E-state index contributed by atoms with van der Waals surface area (Å²) in [6.07, 6.45) is 2.79. The topological polar surface area (TPSA) is 46.9 Å². The fraction of sp³-hybridized carbons (Fsp3) is 0.600. The van der Waals surface area contributed by atoms with E-state index in [0.717, 1.165) is 35.3 Å². The van der Waals surface area contributed by atoms with E-state index in [1.54, 1.807) is 10.9 Å². The van der Waals surface area contributed by atoms with Gasteiger partial charge >= 0.3 is 0 Å². The first kappa shape index (κ1) is 15.2. The van der Waals surface area contributed by atoms with Gasteiger partial charge in [-0.25, -0.2) is 4.98 Å². The molecule has 0 atom stereocenters. The van der Waals surface area contributed by atoms with Gasteiger partial charge in [-0.2, -0.15) is 0 Å². The molecule has 0 amide bonds. The van der Waals surface area contributed by atoms with Crippen molar-refractivity contribution in [3.05, 3.63) is 27.6 Å². The van der Waals surface area contributed by atoms with E-state index in [9.17, 15) is 4.79 Å². The first-order valence-corrected chi connectivity index (χ1v) is 7.90. The fourth-order valence-electron chi connectivity index (χ4n) is 2.01. The highest BCUT2D eigenvalue weighted by Crippen LogP contribution is 2.19. The molecule has 4 nitrogen and oxygen atoms in total. The summed E-state index contributed by atoms with van der Waals surface area (Å²) < 4.78 is 2.46. The molecule has 0 fully saturated rings. The van der Waals surface area contributed by atoms with E-state index in [-0.39, 0.29) is 5.56 Å². The Morgan fingerprint density at radius 1 is 1.35 bits per heavy atom. The molecule has 0 radical (unpaired) electrons. The van der Waals surface area contributed by atoms with Gasteiger partial charge in [-0.05, 0) is 36.2 Å². The predicted octanol–water partition coefficient (Wildman–Crippen LogP) is 2.79. The molecule has 0 saturated carbocycles. The monoisotopic (exact) mass is 293 g/mol. The lowest BCUT2D eigenvalue weighted by Gasteiger charge is -2.18. The molecular weight excluding hydrogens is 270 g/mol. The molecule has 0 aliphatic heterocycles. The maximum atomic E-state index is 12.3. The zero-order chi connectivity index (χ0) is 14.8. The number of nitrogens with zero attached hydrogens (tertiary/aromatic N) is 2. The van der Waals surface area contributed by atoms with Gasteiger partial charge in [0.1, 0.15) is 4.70 Å². The summed E-state index contributed by atoms with van der Waals surface area (Å²) in [6, 6.07) is 0. The molecule has 20 heavy (non-hydrogen) atoms. The predicted molar refractivity (Wildman–Crippen MR) is 85.6 cm³/mol. The van der Waals surface area contributed by atoms with Gasteiger partial charge in [-0.1, -0.05) is 20.8 Å². The van der Waals surface area contributed by atoms with Crippen molar-refractivity contribution in [1.82, 2.24) is 14.9 Å². The quantitative estimate of drug-likeness (QED) is 0.862. The Labute approximate surface area is 123 Å². The summed E-state index contributed by atoms with van der Waals surface area (Å²) in [5, 5.41) is 5.38. The van der Waals surface area contributed by atoms with Crippen LogP contribution in [0.4, 0.5) is 0 Å². The molecule has 2 aromatic rings. The first-order chi connectivity index (χ1) is 9.38. The second kappa shape index (κ2) is 6.06. The van der Waals surface area contributed by atoms with Gasteiger partial charge < -0.3 is 5.32 Å². The average molecular weight is 293 g/mol. The summed E-state index contributed by atoms with van der Waals surface area (Å²) in [6.45, 7) is 11.1. The molecule has 2 aromatic heterocycles. The van der Waals surface area contributed by atoms with Gasteiger partial charge in [0.05, 0.1) is 11.8 Å². The number of hydrogen-bond acceptors (Lipinski definition) is 4. The van der Waals surface area contributed by atoms with E-state index in [0.29, 0.717) is 12.0 Å². The molecule has 2 rings (SSSR count). The van der Waals surface area contributed by atoms with Crippen LogP contribution in [0.15, 0.2) is 16.5 Å². The van der Waals surface area contributed by atoms with Crippen LogP contribution in [0.25, 0.3) is 10.2 Å². The number of hydrogen-bond donors (Lipinski definition) is 1. The molecule has 1 N–H and O–H groups in total. The van der Waals surface area contributed by atoms with Crippen molar-refractivity contribution >= 4 is 21.6 Å². The van der Waals surface area contributed by atoms with Crippen molar-refractivity contribution in [1.29, 1.82) is 0 Å². The normalized spacial score (nSPS) is 12.2. The Morgan fingerprint density at radius 2 is 2.10 bits per heavy atom. The van der Waals surface area contributed by atoms with Crippen LogP contribution in [0.2, 0.25) is 0 Å². The van der Waals surface area contributed by atoms with Crippen LogP contribution in [0.1, 0.15) is 32.8 Å². The zero-order valence-electron chi connectivity index (χ0n) is 12.7. The highest BCUT2D eigenvalue weighted by molar-refractivity contribution is 7.17. The summed E-state index contributed by atoms with van der Waals surface area (Å²) in [4.78, 5) is 16.7. The van der Waals surface area contributed by atoms with Crippen LogP contribution in [-0.4, -0.2) is 22.6 Å². The van der Waals surface area contributed by atoms with Crippen molar-refractivity contribution in [3.63, 3.8) is 0 Å². The van der Waals surface area contributed by atoms with Crippen molar-refractivity contribution < 1.29 is 0 Å². The zero-order valence-corrected chi connectivity index (χ0v) is 13.5. The highest BCUT2D eigenvalue weighted by Gasteiger charge is 2.10. The van der Waals surface area contributed by atoms with Gasteiger partial charge in [-0.3, -0.25) is 9.36 Å². The minimum atomic E-state index is 0.0747. The van der Waals surface area contributed by atoms with Crippen molar-refractivity contribution in [2.45, 2.75) is 40.7 Å². The third-order valence-electron chi connectivity index (χ3n) is 3.30. The SMILES string of the molecule is Cc1csc2c(=O)n(CCNCCC(C)(C)C)cnc12. The summed E-state index contributed by atoms with van der Waals surface area (Å²) >= 11 is 1.49. The molecule has 0 aliphatic rings. The van der Waals surface area contributed by atoms with E-state index in [1.807, 2.05) is 12.3 Å². The lowest BCUT2D eigenvalue weighted by atomic mass is 9.92. The molecule has 0 unspecified atom stereocenters. The molecular formula is C15H23N3OS. The van der Waals surface area contributed by atoms with E-state index in [1.165, 1.54) is 11.3 Å². The maximum absolute atomic E-state index is 12.3. The van der Waals surface area contributed by atoms with Gasteiger partial charge in [0.15, 0.2) is 0 Å². The number of rotatable bonds is 5. The largest absolute Gasteiger partial charge is 0.315 e. The summed E-state index contributed by atoms with van der Waals surface area (Å²) in [5.74, 6) is 0. The first-order valence-electron chi connectivity index (χ1n) is 7.02.